The van der Waals surface area contributed by atoms with Gasteiger partial charge in [-0.3, -0.25) is 0 Å². The molecule has 1 heterocycles. The minimum Gasteiger partial charge on any atom is -0.490 e. The number of thiocarbonyl (C=S) groups is 1. The van der Waals surface area contributed by atoms with Crippen LogP contribution in [0.2, 0.25) is 5.02 Å². The summed E-state index contributed by atoms with van der Waals surface area (Å²) in [5.41, 5.74) is 3.49. The van der Waals surface area contributed by atoms with Crippen LogP contribution in [0, 0.1) is 0 Å². The number of esters is 1. The molecular formula is C27H25ClN2O4S. The molecule has 0 saturated heterocycles. The zero-order chi connectivity index (χ0) is 24.8. The molecule has 0 spiro atoms. The second-order valence-corrected chi connectivity index (χ2v) is 8.51. The van der Waals surface area contributed by atoms with Gasteiger partial charge in [0.1, 0.15) is 6.61 Å². The normalized spacial score (nSPS) is 15.2. The Morgan fingerprint density at radius 2 is 1.74 bits per heavy atom. The van der Waals surface area contributed by atoms with Crippen LogP contribution in [-0.2, 0) is 16.1 Å². The number of methoxy groups -OCH3 is 1. The lowest BCUT2D eigenvalue weighted by atomic mass is 9.92. The Balaban J connectivity index is 1.72. The number of benzene rings is 3. The number of carbonyl (C=O) groups excluding carboxylic acids is 1. The molecule has 0 bridgehead atoms. The topological polar surface area (TPSA) is 68.8 Å². The van der Waals surface area contributed by atoms with E-state index in [1.807, 2.05) is 79.7 Å². The van der Waals surface area contributed by atoms with Crippen molar-refractivity contribution in [3.8, 4) is 11.5 Å². The molecule has 0 fully saturated rings. The van der Waals surface area contributed by atoms with Crippen LogP contribution in [0.3, 0.4) is 0 Å². The van der Waals surface area contributed by atoms with Gasteiger partial charge >= 0.3 is 5.97 Å². The van der Waals surface area contributed by atoms with Gasteiger partial charge in [0, 0.05) is 10.6 Å². The van der Waals surface area contributed by atoms with E-state index in [0.717, 1.165) is 16.7 Å². The van der Waals surface area contributed by atoms with Crippen molar-refractivity contribution in [2.75, 3.05) is 13.7 Å². The Kier molecular flexibility index (Phi) is 7.90. The van der Waals surface area contributed by atoms with Crippen molar-refractivity contribution < 1.29 is 19.0 Å². The van der Waals surface area contributed by atoms with E-state index in [2.05, 4.69) is 10.6 Å². The van der Waals surface area contributed by atoms with Crippen LogP contribution < -0.4 is 20.1 Å². The highest BCUT2D eigenvalue weighted by atomic mass is 35.5. The fourth-order valence-electron chi connectivity index (χ4n) is 3.84. The van der Waals surface area contributed by atoms with Crippen LogP contribution in [-0.4, -0.2) is 24.8 Å². The number of hydrogen-bond acceptors (Lipinski definition) is 5. The third kappa shape index (κ3) is 5.58. The first-order valence-electron chi connectivity index (χ1n) is 11.1. The number of rotatable bonds is 8. The number of carbonyl (C=O) groups is 1. The Morgan fingerprint density at radius 3 is 2.46 bits per heavy atom. The average molecular weight is 509 g/mol. The second kappa shape index (κ2) is 11.3. The zero-order valence-corrected chi connectivity index (χ0v) is 20.9. The van der Waals surface area contributed by atoms with Crippen molar-refractivity contribution in [1.29, 1.82) is 0 Å². The molecule has 4 rings (SSSR count). The van der Waals surface area contributed by atoms with Gasteiger partial charge in [-0.2, -0.15) is 0 Å². The summed E-state index contributed by atoms with van der Waals surface area (Å²) in [6.07, 6.45) is 0. The van der Waals surface area contributed by atoms with Crippen LogP contribution in [0.25, 0.3) is 5.70 Å². The standard InChI is InChI=1S/C27H25ClN2O4S/c1-3-33-22-15-18(13-14-21(22)34-16-19-11-7-8-12-20(19)28)25-23(26(31)32-2)24(29-27(35)30-25)17-9-5-4-6-10-17/h4-15,25H,3,16H2,1-2H3,(H2,29,30,35)/t25-/m0/s1. The van der Waals surface area contributed by atoms with Crippen molar-refractivity contribution >= 4 is 40.6 Å². The lowest BCUT2D eigenvalue weighted by Gasteiger charge is -2.31. The molecule has 6 nitrogen and oxygen atoms in total. The number of hydrogen-bond donors (Lipinski definition) is 2. The van der Waals surface area contributed by atoms with Gasteiger partial charge in [-0.15, -0.1) is 0 Å². The molecular weight excluding hydrogens is 484 g/mol. The smallest absolute Gasteiger partial charge is 0.338 e. The average Bonchev–Trinajstić information content (AvgIpc) is 2.88. The molecule has 1 atom stereocenters. The van der Waals surface area contributed by atoms with Crippen LogP contribution in [0.15, 0.2) is 78.4 Å². The monoisotopic (exact) mass is 508 g/mol. The first kappa shape index (κ1) is 24.6. The molecule has 35 heavy (non-hydrogen) atoms. The van der Waals surface area contributed by atoms with E-state index < -0.39 is 12.0 Å². The summed E-state index contributed by atoms with van der Waals surface area (Å²) in [5.74, 6) is 0.654. The molecule has 2 N–H and O–H groups in total. The highest BCUT2D eigenvalue weighted by Crippen LogP contribution is 2.37. The van der Waals surface area contributed by atoms with Crippen LogP contribution in [0.5, 0.6) is 11.5 Å². The molecule has 0 aliphatic carbocycles. The Hall–Kier alpha value is -3.55. The van der Waals surface area contributed by atoms with Crippen LogP contribution >= 0.6 is 23.8 Å². The van der Waals surface area contributed by atoms with Gasteiger partial charge in [-0.25, -0.2) is 4.79 Å². The van der Waals surface area contributed by atoms with Crippen molar-refractivity contribution in [3.05, 3.63) is 100 Å². The molecule has 0 amide bonds. The van der Waals surface area contributed by atoms with E-state index in [1.54, 1.807) is 0 Å². The summed E-state index contributed by atoms with van der Waals surface area (Å²) in [6, 6.07) is 22.0. The lowest BCUT2D eigenvalue weighted by Crippen LogP contribution is -2.45. The fraction of sp³-hybridized carbons (Fsp3) is 0.185. The van der Waals surface area contributed by atoms with Crippen molar-refractivity contribution in [1.82, 2.24) is 10.6 Å². The quantitative estimate of drug-likeness (QED) is 0.311. The number of halogens is 1. The Labute approximate surface area is 214 Å². The van der Waals surface area contributed by atoms with Gasteiger partial charge in [0.15, 0.2) is 16.6 Å². The molecule has 0 saturated carbocycles. The SMILES string of the molecule is CCOc1cc([C@@H]2NC(=S)NC(c3ccccc3)=C2C(=O)OC)ccc1OCc1ccccc1Cl. The molecule has 0 aromatic heterocycles. The predicted molar refractivity (Wildman–Crippen MR) is 140 cm³/mol. The van der Waals surface area contributed by atoms with Crippen molar-refractivity contribution in [3.63, 3.8) is 0 Å². The summed E-state index contributed by atoms with van der Waals surface area (Å²) in [5, 5.41) is 7.36. The van der Waals surface area contributed by atoms with E-state index in [-0.39, 0.29) is 0 Å². The minimum atomic E-state index is -0.553. The summed E-state index contributed by atoms with van der Waals surface area (Å²) >= 11 is 11.7. The second-order valence-electron chi connectivity index (χ2n) is 7.70. The molecule has 0 radical (unpaired) electrons. The highest BCUT2D eigenvalue weighted by Gasteiger charge is 2.33. The molecule has 3 aromatic carbocycles. The molecule has 8 heteroatoms. The molecule has 1 aliphatic rings. The largest absolute Gasteiger partial charge is 0.490 e. The fourth-order valence-corrected chi connectivity index (χ4v) is 4.25. The van der Waals surface area contributed by atoms with Gasteiger partial charge < -0.3 is 24.8 Å². The van der Waals surface area contributed by atoms with Gasteiger partial charge in [0.05, 0.1) is 31.0 Å². The van der Waals surface area contributed by atoms with E-state index >= 15 is 0 Å². The maximum Gasteiger partial charge on any atom is 0.338 e. The van der Waals surface area contributed by atoms with Gasteiger partial charge in [0.2, 0.25) is 0 Å². The van der Waals surface area contributed by atoms with Crippen molar-refractivity contribution in [2.24, 2.45) is 0 Å². The van der Waals surface area contributed by atoms with E-state index in [4.69, 9.17) is 38.0 Å². The molecule has 0 unspecified atom stereocenters. The minimum absolute atomic E-state index is 0.292. The van der Waals surface area contributed by atoms with E-state index in [1.165, 1.54) is 7.11 Å². The van der Waals surface area contributed by atoms with Gasteiger partial charge in [-0.1, -0.05) is 66.2 Å². The summed E-state index contributed by atoms with van der Waals surface area (Å²) in [7, 11) is 1.36. The van der Waals surface area contributed by atoms with Gasteiger partial charge in [-0.05, 0) is 48.5 Å². The molecule has 1 aliphatic heterocycles. The summed E-state index contributed by atoms with van der Waals surface area (Å²) in [4.78, 5) is 12.9. The maximum atomic E-state index is 12.9. The highest BCUT2D eigenvalue weighted by molar-refractivity contribution is 7.80. The maximum absolute atomic E-state index is 12.9. The lowest BCUT2D eigenvalue weighted by molar-refractivity contribution is -0.136. The van der Waals surface area contributed by atoms with Crippen molar-refractivity contribution in [2.45, 2.75) is 19.6 Å². The molecule has 180 valence electrons. The third-order valence-electron chi connectivity index (χ3n) is 5.48. The third-order valence-corrected chi connectivity index (χ3v) is 6.07. The van der Waals surface area contributed by atoms with E-state index in [9.17, 15) is 4.79 Å². The molecule has 3 aromatic rings. The van der Waals surface area contributed by atoms with E-state index in [0.29, 0.717) is 46.1 Å². The first-order chi connectivity index (χ1) is 17.0. The summed E-state index contributed by atoms with van der Waals surface area (Å²) in [6.45, 7) is 2.63. The summed E-state index contributed by atoms with van der Waals surface area (Å²) < 4.78 is 17.1. The number of nitrogens with one attached hydrogen (secondary N) is 2. The van der Waals surface area contributed by atoms with Crippen LogP contribution in [0.4, 0.5) is 0 Å². The Bertz CT molecular complexity index is 1260. The predicted octanol–water partition coefficient (Wildman–Crippen LogP) is 5.42. The van der Waals surface area contributed by atoms with Crippen LogP contribution in [0.1, 0.15) is 29.7 Å². The number of ether oxygens (including phenoxy) is 3. The van der Waals surface area contributed by atoms with Gasteiger partial charge in [0.25, 0.3) is 0 Å². The zero-order valence-electron chi connectivity index (χ0n) is 19.3. The first-order valence-corrected chi connectivity index (χ1v) is 11.9. The Morgan fingerprint density at radius 1 is 1.00 bits per heavy atom.